The molecule has 0 radical (unpaired) electrons. The van der Waals surface area contributed by atoms with Gasteiger partial charge in [-0.15, -0.1) is 0 Å². The Kier molecular flexibility index (Phi) is 5.21. The zero-order chi connectivity index (χ0) is 18.6. The minimum Gasteiger partial charge on any atom is -0.455 e. The summed E-state index contributed by atoms with van der Waals surface area (Å²) >= 11 is 0. The summed E-state index contributed by atoms with van der Waals surface area (Å²) in [5, 5.41) is 14.2. The third-order valence-electron chi connectivity index (χ3n) is 5.03. The van der Waals surface area contributed by atoms with Crippen LogP contribution >= 0.6 is 0 Å². The molecule has 1 amide bonds. The van der Waals surface area contributed by atoms with Crippen molar-refractivity contribution >= 4 is 22.8 Å². The van der Waals surface area contributed by atoms with Gasteiger partial charge < -0.3 is 14.2 Å². The summed E-state index contributed by atoms with van der Waals surface area (Å²) in [6.07, 6.45) is 4.16. The number of nitrogens with zero attached hydrogens (tertiary/aromatic N) is 3. The highest BCUT2D eigenvalue weighted by Crippen LogP contribution is 2.32. The maximum atomic E-state index is 12.4. The summed E-state index contributed by atoms with van der Waals surface area (Å²) in [7, 11) is 1.61. The first kappa shape index (κ1) is 17.9. The van der Waals surface area contributed by atoms with Gasteiger partial charge in [0.25, 0.3) is 5.91 Å². The van der Waals surface area contributed by atoms with Crippen molar-refractivity contribution in [3.05, 3.63) is 30.0 Å². The van der Waals surface area contributed by atoms with Crippen LogP contribution < -0.4 is 0 Å². The lowest BCUT2D eigenvalue weighted by atomic mass is 9.81. The Bertz CT molecular complexity index is 846. The van der Waals surface area contributed by atoms with Gasteiger partial charge in [0.1, 0.15) is 11.2 Å². The van der Waals surface area contributed by atoms with Crippen molar-refractivity contribution in [1.29, 1.82) is 5.26 Å². The molecule has 1 fully saturated rings. The van der Waals surface area contributed by atoms with Gasteiger partial charge in [0.05, 0.1) is 12.5 Å². The molecular weight excluding hydrogens is 334 g/mol. The van der Waals surface area contributed by atoms with Gasteiger partial charge in [0.15, 0.2) is 12.2 Å². The molecule has 1 saturated carbocycles. The lowest BCUT2D eigenvalue weighted by Gasteiger charge is -2.38. The molecule has 1 aromatic heterocycles. The highest BCUT2D eigenvalue weighted by molar-refractivity contribution is 5.85. The SMILES string of the molecule is CN(C(=O)COC(=O)Cc1noc2ccccc12)C1(C#N)CCCCC1. The summed E-state index contributed by atoms with van der Waals surface area (Å²) in [5.74, 6) is -0.924. The van der Waals surface area contributed by atoms with Gasteiger partial charge in [0.2, 0.25) is 0 Å². The third kappa shape index (κ3) is 3.54. The Balaban J connectivity index is 1.57. The van der Waals surface area contributed by atoms with E-state index in [1.165, 1.54) is 4.90 Å². The molecule has 136 valence electrons. The number of nitriles is 1. The maximum Gasteiger partial charge on any atom is 0.312 e. The largest absolute Gasteiger partial charge is 0.455 e. The Morgan fingerprint density at radius 3 is 2.77 bits per heavy atom. The van der Waals surface area contributed by atoms with Crippen molar-refractivity contribution in [2.24, 2.45) is 0 Å². The predicted molar refractivity (Wildman–Crippen MR) is 92.9 cm³/mol. The van der Waals surface area contributed by atoms with E-state index in [1.807, 2.05) is 18.2 Å². The molecule has 0 atom stereocenters. The molecule has 26 heavy (non-hydrogen) atoms. The maximum absolute atomic E-state index is 12.4. The number of benzene rings is 1. The van der Waals surface area contributed by atoms with E-state index in [4.69, 9.17) is 9.26 Å². The van der Waals surface area contributed by atoms with Crippen molar-refractivity contribution in [2.75, 3.05) is 13.7 Å². The number of carbonyl (C=O) groups is 2. The molecule has 0 saturated heterocycles. The molecule has 2 aromatic rings. The predicted octanol–water partition coefficient (Wildman–Crippen LogP) is 2.60. The molecule has 7 heteroatoms. The highest BCUT2D eigenvalue weighted by Gasteiger charge is 2.39. The second-order valence-corrected chi connectivity index (χ2v) is 6.62. The minimum atomic E-state index is -0.788. The fourth-order valence-corrected chi connectivity index (χ4v) is 3.39. The first-order valence-corrected chi connectivity index (χ1v) is 8.72. The topological polar surface area (TPSA) is 96.4 Å². The Hall–Kier alpha value is -2.88. The van der Waals surface area contributed by atoms with E-state index in [2.05, 4.69) is 11.2 Å². The number of esters is 1. The van der Waals surface area contributed by atoms with Gasteiger partial charge in [0, 0.05) is 12.4 Å². The van der Waals surface area contributed by atoms with Crippen molar-refractivity contribution < 1.29 is 18.8 Å². The zero-order valence-corrected chi connectivity index (χ0v) is 14.7. The Morgan fingerprint density at radius 1 is 1.31 bits per heavy atom. The molecule has 0 N–H and O–H groups in total. The van der Waals surface area contributed by atoms with E-state index >= 15 is 0 Å². The minimum absolute atomic E-state index is 0.0720. The normalized spacial score (nSPS) is 16.0. The van der Waals surface area contributed by atoms with Gasteiger partial charge >= 0.3 is 5.97 Å². The molecule has 0 spiro atoms. The second-order valence-electron chi connectivity index (χ2n) is 6.62. The summed E-state index contributed by atoms with van der Waals surface area (Å²) in [6.45, 7) is -0.380. The molecule has 0 aliphatic heterocycles. The summed E-state index contributed by atoms with van der Waals surface area (Å²) in [6, 6.07) is 9.51. The van der Waals surface area contributed by atoms with Crippen LogP contribution in [0.3, 0.4) is 0 Å². The molecule has 1 aromatic carbocycles. The summed E-state index contributed by atoms with van der Waals surface area (Å²) < 4.78 is 10.3. The monoisotopic (exact) mass is 355 g/mol. The number of rotatable bonds is 5. The lowest BCUT2D eigenvalue weighted by molar-refractivity contribution is -0.153. The standard InChI is InChI=1S/C19H21N3O4/c1-22(19(13-20)9-5-2-6-10-19)17(23)12-25-18(24)11-15-14-7-3-4-8-16(14)26-21-15/h3-4,7-8H,2,5-6,9-12H2,1H3. The molecule has 7 nitrogen and oxygen atoms in total. The van der Waals surface area contributed by atoms with Crippen LogP contribution in [-0.4, -0.2) is 41.1 Å². The van der Waals surface area contributed by atoms with E-state index in [0.717, 1.165) is 24.6 Å². The number of hydrogen-bond acceptors (Lipinski definition) is 6. The van der Waals surface area contributed by atoms with E-state index in [-0.39, 0.29) is 18.9 Å². The van der Waals surface area contributed by atoms with Crippen molar-refractivity contribution in [3.63, 3.8) is 0 Å². The molecule has 1 aliphatic rings. The first-order chi connectivity index (χ1) is 12.6. The molecular formula is C19H21N3O4. The van der Waals surface area contributed by atoms with Crippen LogP contribution in [0, 0.1) is 11.3 Å². The number of para-hydroxylation sites is 1. The van der Waals surface area contributed by atoms with Crippen molar-refractivity contribution in [1.82, 2.24) is 10.1 Å². The van der Waals surface area contributed by atoms with E-state index in [0.29, 0.717) is 24.1 Å². The molecule has 0 unspecified atom stereocenters. The van der Waals surface area contributed by atoms with Crippen molar-refractivity contribution in [2.45, 2.75) is 44.1 Å². The van der Waals surface area contributed by atoms with E-state index in [1.54, 1.807) is 13.1 Å². The smallest absolute Gasteiger partial charge is 0.312 e. The molecule has 1 aliphatic carbocycles. The number of likely N-dealkylation sites (N-methyl/N-ethyl adjacent to an activating group) is 1. The first-order valence-electron chi connectivity index (χ1n) is 8.72. The second kappa shape index (κ2) is 7.56. The summed E-state index contributed by atoms with van der Waals surface area (Å²) in [4.78, 5) is 25.9. The fourth-order valence-electron chi connectivity index (χ4n) is 3.39. The number of ether oxygens (including phenoxy) is 1. The van der Waals surface area contributed by atoms with Crippen LogP contribution in [0.2, 0.25) is 0 Å². The van der Waals surface area contributed by atoms with Gasteiger partial charge in [-0.1, -0.05) is 36.6 Å². The number of aromatic nitrogens is 1. The Labute approximate surface area is 151 Å². The van der Waals surface area contributed by atoms with Crippen LogP contribution in [0.5, 0.6) is 0 Å². The van der Waals surface area contributed by atoms with Crippen LogP contribution in [0.4, 0.5) is 0 Å². The van der Waals surface area contributed by atoms with Crippen LogP contribution in [-0.2, 0) is 20.7 Å². The molecule has 1 heterocycles. The van der Waals surface area contributed by atoms with Crippen LogP contribution in [0.15, 0.2) is 28.8 Å². The highest BCUT2D eigenvalue weighted by atomic mass is 16.5. The number of fused-ring (bicyclic) bond motifs is 1. The van der Waals surface area contributed by atoms with Gasteiger partial charge in [-0.25, -0.2) is 0 Å². The number of carbonyl (C=O) groups excluding carboxylic acids is 2. The molecule has 3 rings (SSSR count). The average molecular weight is 355 g/mol. The van der Waals surface area contributed by atoms with Crippen LogP contribution in [0.25, 0.3) is 11.0 Å². The van der Waals surface area contributed by atoms with E-state index < -0.39 is 11.5 Å². The lowest BCUT2D eigenvalue weighted by Crippen LogP contribution is -2.51. The number of amides is 1. The fraction of sp³-hybridized carbons (Fsp3) is 0.474. The number of hydrogen-bond donors (Lipinski definition) is 0. The third-order valence-corrected chi connectivity index (χ3v) is 5.03. The molecule has 0 bridgehead atoms. The Morgan fingerprint density at radius 2 is 2.04 bits per heavy atom. The van der Waals surface area contributed by atoms with Gasteiger partial charge in [-0.3, -0.25) is 9.59 Å². The quantitative estimate of drug-likeness (QED) is 0.765. The summed E-state index contributed by atoms with van der Waals surface area (Å²) in [5.41, 5.74) is 0.288. The van der Waals surface area contributed by atoms with Gasteiger partial charge in [-0.05, 0) is 25.0 Å². The van der Waals surface area contributed by atoms with Crippen molar-refractivity contribution in [3.8, 4) is 6.07 Å². The zero-order valence-electron chi connectivity index (χ0n) is 14.7. The van der Waals surface area contributed by atoms with E-state index in [9.17, 15) is 14.9 Å². The average Bonchev–Trinajstić information content (AvgIpc) is 3.09. The van der Waals surface area contributed by atoms with Crippen LogP contribution in [0.1, 0.15) is 37.8 Å². The van der Waals surface area contributed by atoms with Gasteiger partial charge in [-0.2, -0.15) is 5.26 Å².